The van der Waals surface area contributed by atoms with E-state index in [0.29, 0.717) is 16.9 Å². The number of carbonyl (C=O) groups excluding carboxylic acids is 1. The fraction of sp³-hybridized carbons (Fsp3) is 0.591. The molecule has 1 amide bonds. The summed E-state index contributed by atoms with van der Waals surface area (Å²) >= 11 is 0. The standard InChI is InChI=1S/C22H34FN3O4Si/c1-21(2,3)30-20(27)25-16(13-29-31(8,9)22(4,5)6)18-14(23)12-24-15-10-11-17(28-7)26-19(15)18/h10-12,16H,13H2,1-9H3,(H,25,27)/t16-/m1/s1. The fourth-order valence-electron chi connectivity index (χ4n) is 2.65. The number of hydrogen-bond acceptors (Lipinski definition) is 6. The topological polar surface area (TPSA) is 82.6 Å². The molecule has 0 aliphatic carbocycles. The second-order valence-electron chi connectivity index (χ2n) is 10.0. The van der Waals surface area contributed by atoms with E-state index < -0.39 is 31.9 Å². The van der Waals surface area contributed by atoms with E-state index in [2.05, 4.69) is 49.1 Å². The Morgan fingerprint density at radius 2 is 1.84 bits per heavy atom. The van der Waals surface area contributed by atoms with Crippen LogP contribution in [0.15, 0.2) is 18.3 Å². The number of halogens is 1. The first kappa shape index (κ1) is 25.0. The summed E-state index contributed by atoms with van der Waals surface area (Å²) in [5.41, 5.74) is 0.281. The Morgan fingerprint density at radius 1 is 1.19 bits per heavy atom. The molecule has 1 N–H and O–H groups in total. The van der Waals surface area contributed by atoms with Crippen LogP contribution in [-0.2, 0) is 9.16 Å². The summed E-state index contributed by atoms with van der Waals surface area (Å²) in [4.78, 5) is 21.1. The van der Waals surface area contributed by atoms with Gasteiger partial charge in [-0.15, -0.1) is 0 Å². The molecule has 0 saturated heterocycles. The summed E-state index contributed by atoms with van der Waals surface area (Å²) in [7, 11) is -0.693. The normalized spacial score (nSPS) is 13.7. The van der Waals surface area contributed by atoms with E-state index >= 15 is 4.39 Å². The lowest BCUT2D eigenvalue weighted by atomic mass is 10.1. The number of fused-ring (bicyclic) bond motifs is 1. The maximum Gasteiger partial charge on any atom is 0.408 e. The number of rotatable bonds is 6. The van der Waals surface area contributed by atoms with Crippen LogP contribution < -0.4 is 10.1 Å². The highest BCUT2D eigenvalue weighted by Gasteiger charge is 2.38. The highest BCUT2D eigenvalue weighted by Crippen LogP contribution is 2.37. The van der Waals surface area contributed by atoms with Gasteiger partial charge in [0.15, 0.2) is 8.32 Å². The average molecular weight is 452 g/mol. The van der Waals surface area contributed by atoms with Gasteiger partial charge in [-0.1, -0.05) is 20.8 Å². The van der Waals surface area contributed by atoms with Crippen LogP contribution in [0.3, 0.4) is 0 Å². The highest BCUT2D eigenvalue weighted by atomic mass is 28.4. The minimum atomic E-state index is -2.18. The van der Waals surface area contributed by atoms with Crippen molar-refractivity contribution in [2.45, 2.75) is 71.3 Å². The predicted molar refractivity (Wildman–Crippen MR) is 121 cm³/mol. The molecule has 1 atom stereocenters. The zero-order chi connectivity index (χ0) is 23.6. The highest BCUT2D eigenvalue weighted by molar-refractivity contribution is 6.74. The van der Waals surface area contributed by atoms with Gasteiger partial charge in [-0.3, -0.25) is 4.98 Å². The molecule has 0 aliphatic rings. The molecular weight excluding hydrogens is 417 g/mol. The molecule has 7 nitrogen and oxygen atoms in total. The van der Waals surface area contributed by atoms with Crippen LogP contribution in [0.4, 0.5) is 9.18 Å². The van der Waals surface area contributed by atoms with Crippen molar-refractivity contribution in [3.8, 4) is 5.88 Å². The largest absolute Gasteiger partial charge is 0.481 e. The van der Waals surface area contributed by atoms with E-state index in [0.717, 1.165) is 6.20 Å². The Morgan fingerprint density at radius 3 is 2.39 bits per heavy atom. The minimum Gasteiger partial charge on any atom is -0.481 e. The van der Waals surface area contributed by atoms with E-state index in [-0.39, 0.29) is 17.2 Å². The van der Waals surface area contributed by atoms with Gasteiger partial charge in [-0.2, -0.15) is 0 Å². The Labute approximate surface area is 184 Å². The molecule has 0 aromatic carbocycles. The molecule has 0 fully saturated rings. The molecule has 9 heteroatoms. The van der Waals surface area contributed by atoms with Gasteiger partial charge in [-0.05, 0) is 45.0 Å². The average Bonchev–Trinajstić information content (AvgIpc) is 2.62. The number of hydrogen-bond donors (Lipinski definition) is 1. The summed E-state index contributed by atoms with van der Waals surface area (Å²) in [6.07, 6.45) is 0.464. The molecule has 172 valence electrons. The minimum absolute atomic E-state index is 0.0518. The maximum atomic E-state index is 15.1. The van der Waals surface area contributed by atoms with Crippen LogP contribution in [0.25, 0.3) is 11.0 Å². The van der Waals surface area contributed by atoms with Gasteiger partial charge < -0.3 is 19.2 Å². The van der Waals surface area contributed by atoms with Gasteiger partial charge >= 0.3 is 6.09 Å². The fourth-order valence-corrected chi connectivity index (χ4v) is 3.66. The molecule has 0 unspecified atom stereocenters. The second kappa shape index (κ2) is 9.08. The molecular formula is C22H34FN3O4Si. The third kappa shape index (κ3) is 6.36. The van der Waals surface area contributed by atoms with Gasteiger partial charge in [0, 0.05) is 11.6 Å². The first-order valence-corrected chi connectivity index (χ1v) is 13.2. The maximum absolute atomic E-state index is 15.1. The van der Waals surface area contributed by atoms with Crippen molar-refractivity contribution in [2.75, 3.05) is 13.7 Å². The van der Waals surface area contributed by atoms with Crippen molar-refractivity contribution >= 4 is 25.4 Å². The zero-order valence-electron chi connectivity index (χ0n) is 19.9. The molecule has 2 aromatic heterocycles. The van der Waals surface area contributed by atoms with E-state index in [9.17, 15) is 4.79 Å². The first-order valence-electron chi connectivity index (χ1n) is 10.3. The molecule has 0 bridgehead atoms. The van der Waals surface area contributed by atoms with Crippen molar-refractivity contribution in [2.24, 2.45) is 0 Å². The van der Waals surface area contributed by atoms with Crippen LogP contribution in [0.1, 0.15) is 53.1 Å². The number of ether oxygens (including phenoxy) is 2. The molecule has 0 aliphatic heterocycles. The summed E-state index contributed by atoms with van der Waals surface area (Å²) in [5.74, 6) is -0.268. The van der Waals surface area contributed by atoms with E-state index in [1.165, 1.54) is 7.11 Å². The number of carbonyl (C=O) groups is 1. The van der Waals surface area contributed by atoms with Gasteiger partial charge in [0.25, 0.3) is 0 Å². The Balaban J connectivity index is 2.51. The first-order chi connectivity index (χ1) is 14.1. The van der Waals surface area contributed by atoms with Gasteiger partial charge in [0.1, 0.15) is 16.9 Å². The summed E-state index contributed by atoms with van der Waals surface area (Å²) in [6, 6.07) is 2.53. The van der Waals surface area contributed by atoms with Crippen LogP contribution >= 0.6 is 0 Å². The summed E-state index contributed by atoms with van der Waals surface area (Å²) < 4.78 is 32.0. The molecule has 0 spiro atoms. The van der Waals surface area contributed by atoms with E-state index in [4.69, 9.17) is 13.9 Å². The summed E-state index contributed by atoms with van der Waals surface area (Å²) in [5, 5.41) is 2.72. The van der Waals surface area contributed by atoms with Gasteiger partial charge in [0.2, 0.25) is 5.88 Å². The van der Waals surface area contributed by atoms with Crippen molar-refractivity contribution in [3.05, 3.63) is 29.7 Å². The smallest absolute Gasteiger partial charge is 0.408 e. The number of methoxy groups -OCH3 is 1. The lowest BCUT2D eigenvalue weighted by Crippen LogP contribution is -2.44. The quantitative estimate of drug-likeness (QED) is 0.595. The van der Waals surface area contributed by atoms with Crippen LogP contribution in [0.2, 0.25) is 18.1 Å². The van der Waals surface area contributed by atoms with Crippen LogP contribution in [0.5, 0.6) is 5.88 Å². The molecule has 0 saturated carbocycles. The van der Waals surface area contributed by atoms with Crippen molar-refractivity contribution < 1.29 is 23.1 Å². The number of pyridine rings is 2. The van der Waals surface area contributed by atoms with E-state index in [1.54, 1.807) is 32.9 Å². The number of alkyl carbamates (subject to hydrolysis) is 1. The third-order valence-electron chi connectivity index (χ3n) is 5.34. The SMILES string of the molecule is COc1ccc2ncc(F)c([C@@H](CO[Si](C)(C)C(C)(C)C)NC(=O)OC(C)(C)C)c2n1. The molecule has 2 rings (SSSR count). The Hall–Kier alpha value is -2.26. The number of nitrogens with zero attached hydrogens (tertiary/aromatic N) is 2. The number of aromatic nitrogens is 2. The molecule has 0 radical (unpaired) electrons. The summed E-state index contributed by atoms with van der Waals surface area (Å²) in [6.45, 7) is 15.9. The third-order valence-corrected chi connectivity index (χ3v) is 9.84. The Bertz CT molecular complexity index is 939. The van der Waals surface area contributed by atoms with Crippen molar-refractivity contribution in [3.63, 3.8) is 0 Å². The van der Waals surface area contributed by atoms with Crippen molar-refractivity contribution in [1.82, 2.24) is 15.3 Å². The van der Waals surface area contributed by atoms with Crippen LogP contribution in [0, 0.1) is 5.82 Å². The van der Waals surface area contributed by atoms with Crippen LogP contribution in [-0.4, -0.2) is 43.7 Å². The Kier molecular flexibility index (Phi) is 7.32. The van der Waals surface area contributed by atoms with Crippen molar-refractivity contribution in [1.29, 1.82) is 0 Å². The lowest BCUT2D eigenvalue weighted by molar-refractivity contribution is 0.0483. The molecule has 2 heterocycles. The lowest BCUT2D eigenvalue weighted by Gasteiger charge is -2.37. The monoisotopic (exact) mass is 451 g/mol. The van der Waals surface area contributed by atoms with Gasteiger partial charge in [0.05, 0.1) is 31.5 Å². The zero-order valence-corrected chi connectivity index (χ0v) is 20.9. The molecule has 2 aromatic rings. The predicted octanol–water partition coefficient (Wildman–Crippen LogP) is 5.37. The number of amides is 1. The van der Waals surface area contributed by atoms with E-state index in [1.807, 2.05) is 0 Å². The van der Waals surface area contributed by atoms with Gasteiger partial charge in [-0.25, -0.2) is 14.2 Å². The molecule has 31 heavy (non-hydrogen) atoms. The second-order valence-corrected chi connectivity index (χ2v) is 14.8. The number of nitrogens with one attached hydrogen (secondary N) is 1.